The number of nitrogens with zero attached hydrogens (tertiary/aromatic N) is 1. The number of fused-ring (bicyclic) bond motifs is 2. The van der Waals surface area contributed by atoms with Gasteiger partial charge < -0.3 is 15.2 Å². The van der Waals surface area contributed by atoms with Gasteiger partial charge in [-0.3, -0.25) is 4.79 Å². The Morgan fingerprint density at radius 1 is 1.27 bits per heavy atom. The van der Waals surface area contributed by atoms with E-state index in [9.17, 15) is 9.59 Å². The summed E-state index contributed by atoms with van der Waals surface area (Å²) in [6.45, 7) is 2.67. The number of carboxylic acid groups (broad SMARTS) is 1. The first kappa shape index (κ1) is 21.7. The van der Waals surface area contributed by atoms with Crippen LogP contribution in [0.25, 0.3) is 10.2 Å². The number of aromatic nitrogens is 1. The van der Waals surface area contributed by atoms with Gasteiger partial charge in [0, 0.05) is 17.5 Å². The summed E-state index contributed by atoms with van der Waals surface area (Å²) in [6, 6.07) is 13.9. The van der Waals surface area contributed by atoms with Crippen molar-refractivity contribution in [3.05, 3.63) is 64.2 Å². The van der Waals surface area contributed by atoms with Gasteiger partial charge in [0.15, 0.2) is 0 Å². The molecule has 1 aliphatic carbocycles. The minimum absolute atomic E-state index is 0.0782. The second kappa shape index (κ2) is 9.66. The fourth-order valence-electron chi connectivity index (χ4n) is 3.70. The van der Waals surface area contributed by atoms with E-state index in [1.54, 1.807) is 11.3 Å². The van der Waals surface area contributed by atoms with E-state index in [-0.39, 0.29) is 6.42 Å². The smallest absolute Gasteiger partial charge is 0.304 e. The topological polar surface area (TPSA) is 79.3 Å². The van der Waals surface area contributed by atoms with E-state index >= 15 is 0 Å². The zero-order valence-electron chi connectivity index (χ0n) is 17.1. The molecule has 1 aliphatic rings. The van der Waals surface area contributed by atoms with E-state index in [0.29, 0.717) is 12.8 Å². The minimum atomic E-state index is -0.907. The number of hydrogen-bond donors (Lipinski definition) is 2. The third-order valence-corrected chi connectivity index (χ3v) is 6.02. The zero-order chi connectivity index (χ0) is 21.6. The van der Waals surface area contributed by atoms with Crippen LogP contribution >= 0.6 is 11.3 Å². The highest BCUT2D eigenvalue weighted by Gasteiger charge is 2.38. The van der Waals surface area contributed by atoms with Crippen molar-refractivity contribution in [2.24, 2.45) is 5.41 Å². The Kier molecular flexibility index (Phi) is 6.99. The number of rotatable bonds is 5. The quantitative estimate of drug-likeness (QED) is 0.484. The molecular weight excluding hydrogens is 396 g/mol. The lowest BCUT2D eigenvalue weighted by molar-refractivity contribution is -0.141. The first-order valence-corrected chi connectivity index (χ1v) is 10.5. The largest absolute Gasteiger partial charge is 0.481 e. The Morgan fingerprint density at radius 3 is 2.53 bits per heavy atom. The lowest BCUT2D eigenvalue weighted by Crippen LogP contribution is -2.26. The number of aliphatic carboxylic acids is 1. The van der Waals surface area contributed by atoms with E-state index < -0.39 is 11.4 Å². The monoisotopic (exact) mass is 420 g/mol. The first-order valence-electron chi connectivity index (χ1n) is 9.70. The molecule has 0 atom stereocenters. The number of carboxylic acids is 1. The maximum Gasteiger partial charge on any atom is 0.304 e. The second-order valence-corrected chi connectivity index (χ2v) is 8.48. The Labute approximate surface area is 180 Å². The van der Waals surface area contributed by atoms with Gasteiger partial charge >= 0.3 is 5.97 Å². The number of carbonyl (C=O) groups excluding carboxylic acids is 1. The van der Waals surface area contributed by atoms with E-state index in [1.165, 1.54) is 4.70 Å². The van der Waals surface area contributed by atoms with Gasteiger partial charge in [-0.25, -0.2) is 4.98 Å². The molecule has 6 heteroatoms. The summed E-state index contributed by atoms with van der Waals surface area (Å²) < 4.78 is 1.22. The van der Waals surface area contributed by atoms with Crippen molar-refractivity contribution >= 4 is 33.8 Å². The molecule has 1 aromatic heterocycles. The minimum Gasteiger partial charge on any atom is -0.481 e. The molecule has 1 heterocycles. The molecule has 2 N–H and O–H groups in total. The van der Waals surface area contributed by atoms with Crippen LogP contribution in [0.5, 0.6) is 0 Å². The highest BCUT2D eigenvalue weighted by atomic mass is 32.1. The van der Waals surface area contributed by atoms with Gasteiger partial charge in [0.2, 0.25) is 0 Å². The van der Waals surface area contributed by atoms with Crippen molar-refractivity contribution in [2.75, 3.05) is 7.05 Å². The van der Waals surface area contributed by atoms with Crippen LogP contribution in [0.1, 0.15) is 35.0 Å². The van der Waals surface area contributed by atoms with Gasteiger partial charge in [-0.05, 0) is 56.1 Å². The molecular formula is C24H24N2O3S. The first-order chi connectivity index (χ1) is 14.5. The van der Waals surface area contributed by atoms with Crippen molar-refractivity contribution in [1.82, 2.24) is 10.3 Å². The van der Waals surface area contributed by atoms with Gasteiger partial charge in [-0.2, -0.15) is 0 Å². The Hall–Kier alpha value is -3.01. The molecule has 0 bridgehead atoms. The van der Waals surface area contributed by atoms with E-state index in [4.69, 9.17) is 5.11 Å². The summed E-state index contributed by atoms with van der Waals surface area (Å²) in [5.41, 5.74) is 3.57. The lowest BCUT2D eigenvalue weighted by Gasteiger charge is -2.18. The van der Waals surface area contributed by atoms with Crippen LogP contribution in [0.15, 0.2) is 42.5 Å². The molecule has 0 fully saturated rings. The normalized spacial score (nSPS) is 13.5. The van der Waals surface area contributed by atoms with Gasteiger partial charge in [0.05, 0.1) is 16.6 Å². The molecule has 4 rings (SSSR count). The molecule has 30 heavy (non-hydrogen) atoms. The van der Waals surface area contributed by atoms with Crippen LogP contribution in [0.4, 0.5) is 0 Å². The van der Waals surface area contributed by atoms with Gasteiger partial charge in [-0.15, -0.1) is 17.3 Å². The van der Waals surface area contributed by atoms with Crippen LogP contribution in [-0.2, 0) is 29.0 Å². The average Bonchev–Trinajstić information content (AvgIpc) is 3.28. The van der Waals surface area contributed by atoms with Gasteiger partial charge in [0.1, 0.15) is 11.3 Å². The number of benzene rings is 2. The molecule has 2 aromatic carbocycles. The van der Waals surface area contributed by atoms with Gasteiger partial charge in [-0.1, -0.05) is 30.2 Å². The summed E-state index contributed by atoms with van der Waals surface area (Å²) in [6.07, 6.45) is 1.84. The third kappa shape index (κ3) is 5.12. The molecule has 0 unspecified atom stereocenters. The van der Waals surface area contributed by atoms with Crippen LogP contribution in [0.2, 0.25) is 0 Å². The molecule has 0 spiro atoms. The van der Waals surface area contributed by atoms with Crippen LogP contribution in [0, 0.1) is 17.3 Å². The average molecular weight is 421 g/mol. The maximum atomic E-state index is 11.1. The lowest BCUT2D eigenvalue weighted by atomic mass is 9.83. The molecule has 0 saturated heterocycles. The molecule has 0 aliphatic heterocycles. The Morgan fingerprint density at radius 2 is 1.97 bits per heavy atom. The van der Waals surface area contributed by atoms with Crippen molar-refractivity contribution in [3.63, 3.8) is 0 Å². The van der Waals surface area contributed by atoms with Crippen molar-refractivity contribution in [2.45, 2.75) is 32.7 Å². The number of thiazole rings is 1. The van der Waals surface area contributed by atoms with E-state index in [0.717, 1.165) is 40.0 Å². The summed E-state index contributed by atoms with van der Waals surface area (Å²) in [5, 5.41) is 13.0. The zero-order valence-corrected chi connectivity index (χ0v) is 17.9. The fourth-order valence-corrected chi connectivity index (χ4v) is 4.66. The molecule has 154 valence electrons. The summed E-state index contributed by atoms with van der Waals surface area (Å²) >= 11 is 1.73. The Bertz CT molecular complexity index is 1100. The van der Waals surface area contributed by atoms with Crippen LogP contribution in [-0.4, -0.2) is 29.4 Å². The molecule has 0 saturated carbocycles. The van der Waals surface area contributed by atoms with Crippen molar-refractivity contribution < 1.29 is 14.7 Å². The summed E-state index contributed by atoms with van der Waals surface area (Å²) in [5.74, 6) is 5.03. The second-order valence-electron chi connectivity index (χ2n) is 7.37. The highest BCUT2D eigenvalue weighted by Crippen LogP contribution is 2.37. The van der Waals surface area contributed by atoms with Crippen molar-refractivity contribution in [3.8, 4) is 11.8 Å². The summed E-state index contributed by atoms with van der Waals surface area (Å²) in [4.78, 5) is 26.3. The predicted molar refractivity (Wildman–Crippen MR) is 120 cm³/mol. The molecule has 3 aromatic rings. The van der Waals surface area contributed by atoms with E-state index in [2.05, 4.69) is 28.2 Å². The maximum absolute atomic E-state index is 11.1. The molecule has 0 amide bonds. The third-order valence-electron chi connectivity index (χ3n) is 4.99. The number of carbonyl (C=O) groups is 2. The van der Waals surface area contributed by atoms with Gasteiger partial charge in [0.25, 0.3) is 0 Å². The van der Waals surface area contributed by atoms with Crippen LogP contribution in [0.3, 0.4) is 0 Å². The number of aldehydes is 1. The predicted octanol–water partition coefficient (Wildman–Crippen LogP) is 3.83. The fraction of sp³-hybridized carbons (Fsp3) is 0.292. The van der Waals surface area contributed by atoms with E-state index in [1.807, 2.05) is 50.4 Å². The SMILES string of the molecule is CC#Cc1ccc2sc(CNC)nc2c1.O=CC1(CC(=O)O)Cc2ccccc2C1. The highest BCUT2D eigenvalue weighted by molar-refractivity contribution is 7.18. The standard InChI is InChI=1S/C12H12N2S.C12H12O3/c1-3-4-9-5-6-11-10(7-9)14-12(15-11)8-13-2;13-8-12(7-11(14)15)5-9-3-1-2-4-10(9)6-12/h5-7,13H,8H2,1-2H3;1-4,8H,5-7H2,(H,14,15). The van der Waals surface area contributed by atoms with Crippen LogP contribution < -0.4 is 5.32 Å². The number of hydrogen-bond acceptors (Lipinski definition) is 5. The van der Waals surface area contributed by atoms with Crippen molar-refractivity contribution in [1.29, 1.82) is 0 Å². The summed E-state index contributed by atoms with van der Waals surface area (Å²) in [7, 11) is 1.93. The number of nitrogens with one attached hydrogen (secondary N) is 1. The Balaban J connectivity index is 0.000000171. The molecule has 0 radical (unpaired) electrons. The molecule has 5 nitrogen and oxygen atoms in total.